The molecule has 138 valence electrons. The van der Waals surface area contributed by atoms with E-state index in [1.807, 2.05) is 24.3 Å². The van der Waals surface area contributed by atoms with Gasteiger partial charge in [-0.2, -0.15) is 4.98 Å². The van der Waals surface area contributed by atoms with Crippen LogP contribution in [0.5, 0.6) is 5.75 Å². The Morgan fingerprint density at radius 1 is 1.00 bits per heavy atom. The van der Waals surface area contributed by atoms with Crippen molar-refractivity contribution < 1.29 is 9.66 Å². The molecule has 0 aliphatic carbocycles. The van der Waals surface area contributed by atoms with Crippen LogP contribution in [0.3, 0.4) is 0 Å². The van der Waals surface area contributed by atoms with E-state index in [1.165, 1.54) is 0 Å². The van der Waals surface area contributed by atoms with Crippen LogP contribution in [-0.2, 0) is 0 Å². The normalized spacial score (nSPS) is 10.3. The minimum Gasteiger partial charge on any atom is -0.497 e. The maximum Gasteiger partial charge on any atom is 0.332 e. The summed E-state index contributed by atoms with van der Waals surface area (Å²) in [5.74, 6) is 1.08. The molecule has 0 aliphatic rings. The van der Waals surface area contributed by atoms with Gasteiger partial charge in [-0.05, 0) is 78.0 Å². The molecule has 3 aromatic rings. The molecule has 3 rings (SSSR count). The number of halogens is 1. The van der Waals surface area contributed by atoms with Gasteiger partial charge in [0.1, 0.15) is 11.4 Å². The molecule has 0 unspecified atom stereocenters. The van der Waals surface area contributed by atoms with Crippen molar-refractivity contribution >= 4 is 51.4 Å². The molecule has 0 spiro atoms. The number of hydrogen-bond acceptors (Lipinski definition) is 7. The van der Waals surface area contributed by atoms with E-state index in [0.717, 1.165) is 9.26 Å². The number of nitro groups is 1. The summed E-state index contributed by atoms with van der Waals surface area (Å²) < 4.78 is 6.22. The van der Waals surface area contributed by atoms with E-state index < -0.39 is 4.92 Å². The molecular formula is C18H16IN5O3. The second kappa shape index (κ2) is 8.16. The predicted octanol–water partition coefficient (Wildman–Crippen LogP) is 4.79. The topological polar surface area (TPSA) is 102 Å². The third-order valence-electron chi connectivity index (χ3n) is 3.69. The van der Waals surface area contributed by atoms with Gasteiger partial charge in [0.2, 0.25) is 11.8 Å². The molecule has 0 saturated carbocycles. The highest BCUT2D eigenvalue weighted by Crippen LogP contribution is 2.30. The highest BCUT2D eigenvalue weighted by molar-refractivity contribution is 14.1. The van der Waals surface area contributed by atoms with E-state index in [4.69, 9.17) is 4.74 Å². The maximum atomic E-state index is 11.5. The van der Waals surface area contributed by atoms with Crippen LogP contribution in [-0.4, -0.2) is 22.0 Å². The summed E-state index contributed by atoms with van der Waals surface area (Å²) in [5.41, 5.74) is 1.54. The van der Waals surface area contributed by atoms with Gasteiger partial charge in [-0.1, -0.05) is 0 Å². The molecule has 2 aromatic carbocycles. The molecule has 27 heavy (non-hydrogen) atoms. The van der Waals surface area contributed by atoms with Crippen molar-refractivity contribution in [3.05, 3.63) is 67.9 Å². The number of rotatable bonds is 6. The summed E-state index contributed by atoms with van der Waals surface area (Å²) in [6, 6.07) is 14.7. The lowest BCUT2D eigenvalue weighted by Crippen LogP contribution is -2.07. The third-order valence-corrected chi connectivity index (χ3v) is 4.41. The van der Waals surface area contributed by atoms with Gasteiger partial charge in [0.25, 0.3) is 0 Å². The zero-order valence-electron chi connectivity index (χ0n) is 14.6. The van der Waals surface area contributed by atoms with Crippen molar-refractivity contribution in [2.45, 2.75) is 6.92 Å². The number of methoxy groups -OCH3 is 1. The molecule has 9 heteroatoms. The SMILES string of the molecule is COc1ccc(Nc2nc(Nc3ccc(I)cc3)nc(C)c2[N+](=O)[O-])cc1. The zero-order chi connectivity index (χ0) is 19.4. The quantitative estimate of drug-likeness (QED) is 0.299. The van der Waals surface area contributed by atoms with Crippen LogP contribution < -0.4 is 15.4 Å². The van der Waals surface area contributed by atoms with Crippen LogP contribution in [0.25, 0.3) is 0 Å². The molecular weight excluding hydrogens is 461 g/mol. The average molecular weight is 477 g/mol. The highest BCUT2D eigenvalue weighted by atomic mass is 127. The Labute approximate surface area is 169 Å². The van der Waals surface area contributed by atoms with E-state index in [9.17, 15) is 10.1 Å². The Bertz CT molecular complexity index is 962. The molecule has 1 aromatic heterocycles. The van der Waals surface area contributed by atoms with Crippen LogP contribution in [0, 0.1) is 20.6 Å². The Morgan fingerprint density at radius 3 is 2.19 bits per heavy atom. The standard InChI is InChI=1S/C18H16IN5O3/c1-11-16(24(25)26)17(21-13-7-9-15(27-2)10-8-13)23-18(20-11)22-14-5-3-12(19)4-6-14/h3-10H,1-2H3,(H2,20,21,22,23). The number of hydrogen-bond donors (Lipinski definition) is 2. The average Bonchev–Trinajstić information content (AvgIpc) is 2.63. The lowest BCUT2D eigenvalue weighted by atomic mass is 10.3. The molecule has 0 saturated heterocycles. The fourth-order valence-electron chi connectivity index (χ4n) is 2.40. The van der Waals surface area contributed by atoms with Gasteiger partial charge in [-0.25, -0.2) is 4.98 Å². The van der Waals surface area contributed by atoms with Crippen molar-refractivity contribution in [3.63, 3.8) is 0 Å². The Morgan fingerprint density at radius 2 is 1.59 bits per heavy atom. The number of anilines is 4. The van der Waals surface area contributed by atoms with Gasteiger partial charge < -0.3 is 15.4 Å². The van der Waals surface area contributed by atoms with Gasteiger partial charge in [-0.3, -0.25) is 10.1 Å². The Hall–Kier alpha value is -2.95. The van der Waals surface area contributed by atoms with Crippen molar-refractivity contribution in [2.75, 3.05) is 17.7 Å². The smallest absolute Gasteiger partial charge is 0.332 e. The summed E-state index contributed by atoms with van der Waals surface area (Å²) in [6.07, 6.45) is 0. The van der Waals surface area contributed by atoms with Gasteiger partial charge in [0.05, 0.1) is 12.0 Å². The Kier molecular flexibility index (Phi) is 5.69. The summed E-state index contributed by atoms with van der Waals surface area (Å²) in [7, 11) is 1.57. The molecule has 0 radical (unpaired) electrons. The fourth-order valence-corrected chi connectivity index (χ4v) is 2.76. The van der Waals surface area contributed by atoms with Crippen LogP contribution in [0.1, 0.15) is 5.69 Å². The first kappa shape index (κ1) is 18.8. The summed E-state index contributed by atoms with van der Waals surface area (Å²) in [5, 5.41) is 17.6. The summed E-state index contributed by atoms with van der Waals surface area (Å²) in [6.45, 7) is 1.58. The Balaban J connectivity index is 1.95. The van der Waals surface area contributed by atoms with Crippen LogP contribution in [0.15, 0.2) is 48.5 Å². The van der Waals surface area contributed by atoms with E-state index in [2.05, 4.69) is 43.2 Å². The lowest BCUT2D eigenvalue weighted by Gasteiger charge is -2.11. The van der Waals surface area contributed by atoms with Gasteiger partial charge in [0.15, 0.2) is 0 Å². The number of nitrogens with zero attached hydrogens (tertiary/aromatic N) is 3. The molecule has 0 fully saturated rings. The molecule has 0 bridgehead atoms. The minimum atomic E-state index is -0.490. The van der Waals surface area contributed by atoms with Gasteiger partial charge in [0, 0.05) is 14.9 Å². The first-order valence-corrected chi connectivity index (χ1v) is 9.01. The highest BCUT2D eigenvalue weighted by Gasteiger charge is 2.22. The maximum absolute atomic E-state index is 11.5. The van der Waals surface area contributed by atoms with E-state index in [-0.39, 0.29) is 23.1 Å². The van der Waals surface area contributed by atoms with E-state index >= 15 is 0 Å². The lowest BCUT2D eigenvalue weighted by molar-refractivity contribution is -0.385. The van der Waals surface area contributed by atoms with Crippen molar-refractivity contribution in [1.82, 2.24) is 9.97 Å². The first-order valence-electron chi connectivity index (χ1n) is 7.93. The number of benzene rings is 2. The zero-order valence-corrected chi connectivity index (χ0v) is 16.7. The minimum absolute atomic E-state index is 0.116. The number of ether oxygens (including phenoxy) is 1. The molecule has 2 N–H and O–H groups in total. The van der Waals surface area contributed by atoms with E-state index in [1.54, 1.807) is 38.3 Å². The van der Waals surface area contributed by atoms with Gasteiger partial charge in [-0.15, -0.1) is 0 Å². The van der Waals surface area contributed by atoms with Crippen LogP contribution >= 0.6 is 22.6 Å². The molecule has 0 atom stereocenters. The monoisotopic (exact) mass is 477 g/mol. The number of aryl methyl sites for hydroxylation is 1. The predicted molar refractivity (Wildman–Crippen MR) is 112 cm³/mol. The molecule has 0 aliphatic heterocycles. The van der Waals surface area contributed by atoms with Gasteiger partial charge >= 0.3 is 5.69 Å². The van der Waals surface area contributed by atoms with Crippen molar-refractivity contribution in [3.8, 4) is 5.75 Å². The second-order valence-electron chi connectivity index (χ2n) is 5.57. The molecule has 1 heterocycles. The second-order valence-corrected chi connectivity index (χ2v) is 6.82. The van der Waals surface area contributed by atoms with Crippen molar-refractivity contribution in [2.24, 2.45) is 0 Å². The van der Waals surface area contributed by atoms with E-state index in [0.29, 0.717) is 11.4 Å². The fraction of sp³-hybridized carbons (Fsp3) is 0.111. The third kappa shape index (κ3) is 4.61. The summed E-state index contributed by atoms with van der Waals surface area (Å²) in [4.78, 5) is 19.5. The first-order chi connectivity index (χ1) is 13.0. The van der Waals surface area contributed by atoms with Crippen LogP contribution in [0.2, 0.25) is 0 Å². The van der Waals surface area contributed by atoms with Crippen molar-refractivity contribution in [1.29, 1.82) is 0 Å². The summed E-state index contributed by atoms with van der Waals surface area (Å²) >= 11 is 2.21. The molecule has 0 amide bonds. The number of aromatic nitrogens is 2. The largest absolute Gasteiger partial charge is 0.497 e. The number of nitrogens with one attached hydrogen (secondary N) is 2. The molecule has 8 nitrogen and oxygen atoms in total. The van der Waals surface area contributed by atoms with Crippen LogP contribution in [0.4, 0.5) is 28.8 Å².